The molecule has 3 rings (SSSR count). The van der Waals surface area contributed by atoms with E-state index in [1.54, 1.807) is 18.2 Å². The van der Waals surface area contributed by atoms with E-state index in [9.17, 15) is 14.7 Å². The van der Waals surface area contributed by atoms with E-state index in [2.05, 4.69) is 53.6 Å². The first-order valence-corrected chi connectivity index (χ1v) is 11.5. The molecule has 33 heavy (non-hydrogen) atoms. The van der Waals surface area contributed by atoms with Gasteiger partial charge in [-0.2, -0.15) is 5.10 Å². The summed E-state index contributed by atoms with van der Waals surface area (Å²) >= 11 is 1.27. The van der Waals surface area contributed by atoms with E-state index in [-0.39, 0.29) is 22.6 Å². The Hall–Kier alpha value is -3.46. The minimum absolute atomic E-state index is 0.0729. The van der Waals surface area contributed by atoms with Crippen molar-refractivity contribution in [2.45, 2.75) is 44.8 Å². The quantitative estimate of drug-likeness (QED) is 0.293. The van der Waals surface area contributed by atoms with E-state index in [1.165, 1.54) is 29.6 Å². The topological polar surface area (TPSA) is 109 Å². The second kappa shape index (κ2) is 10.4. The summed E-state index contributed by atoms with van der Waals surface area (Å²) in [4.78, 5) is 23.4. The van der Waals surface area contributed by atoms with Crippen molar-refractivity contribution in [3.05, 3.63) is 65.2 Å². The fourth-order valence-corrected chi connectivity index (χ4v) is 3.95. The second-order valence-electron chi connectivity index (χ2n) is 8.35. The molecule has 1 aromatic heterocycles. The van der Waals surface area contributed by atoms with Crippen LogP contribution in [0.25, 0.3) is 11.4 Å². The lowest BCUT2D eigenvalue weighted by Crippen LogP contribution is -2.20. The Bertz CT molecular complexity index is 1160. The van der Waals surface area contributed by atoms with Gasteiger partial charge in [0.2, 0.25) is 0 Å². The molecule has 9 heteroatoms. The van der Waals surface area contributed by atoms with Gasteiger partial charge in [-0.15, -0.1) is 10.2 Å². The molecule has 0 atom stereocenters. The highest BCUT2D eigenvalue weighted by Gasteiger charge is 2.17. The van der Waals surface area contributed by atoms with Crippen LogP contribution >= 0.6 is 11.8 Å². The summed E-state index contributed by atoms with van der Waals surface area (Å²) < 4.78 is 1.97. The number of hydrogen-bond donors (Lipinski definition) is 2. The van der Waals surface area contributed by atoms with Gasteiger partial charge in [-0.05, 0) is 24.0 Å². The maximum Gasteiger partial charge on any atom is 0.336 e. The minimum atomic E-state index is -1.05. The van der Waals surface area contributed by atoms with Gasteiger partial charge < -0.3 is 9.67 Å². The number of carbonyl (C=O) groups excluding carboxylic acids is 1. The zero-order chi connectivity index (χ0) is 24.0. The van der Waals surface area contributed by atoms with Crippen molar-refractivity contribution in [2.24, 2.45) is 5.10 Å². The molecule has 8 nitrogen and oxygen atoms in total. The first-order valence-electron chi connectivity index (χ1n) is 10.5. The maximum absolute atomic E-state index is 12.2. The van der Waals surface area contributed by atoms with Gasteiger partial charge in [-0.1, -0.05) is 75.0 Å². The summed E-state index contributed by atoms with van der Waals surface area (Å²) in [6.07, 6.45) is 1.32. The Morgan fingerprint density at radius 2 is 1.82 bits per heavy atom. The Morgan fingerprint density at radius 3 is 2.45 bits per heavy atom. The molecule has 0 saturated carbocycles. The van der Waals surface area contributed by atoms with Crippen LogP contribution in [-0.4, -0.2) is 43.7 Å². The Kier molecular flexibility index (Phi) is 7.65. The lowest BCUT2D eigenvalue weighted by Gasteiger charge is -2.19. The molecule has 0 aliphatic heterocycles. The smallest absolute Gasteiger partial charge is 0.336 e. The lowest BCUT2D eigenvalue weighted by molar-refractivity contribution is -0.118. The van der Waals surface area contributed by atoms with Crippen molar-refractivity contribution in [3.8, 4) is 11.4 Å². The normalized spacial score (nSPS) is 11.6. The van der Waals surface area contributed by atoms with E-state index in [0.717, 1.165) is 11.4 Å². The average molecular weight is 466 g/mol. The summed E-state index contributed by atoms with van der Waals surface area (Å²) in [5, 5.41) is 22.3. The van der Waals surface area contributed by atoms with Crippen LogP contribution in [0.5, 0.6) is 0 Å². The number of benzene rings is 2. The predicted molar refractivity (Wildman–Crippen MR) is 130 cm³/mol. The summed E-state index contributed by atoms with van der Waals surface area (Å²) in [7, 11) is 0. The molecule has 0 bridgehead atoms. The zero-order valence-corrected chi connectivity index (χ0v) is 19.9. The number of rotatable bonds is 8. The molecule has 0 unspecified atom stereocenters. The molecule has 3 aromatic rings. The largest absolute Gasteiger partial charge is 0.478 e. The molecule has 0 spiro atoms. The van der Waals surface area contributed by atoms with Crippen LogP contribution in [0.4, 0.5) is 0 Å². The van der Waals surface area contributed by atoms with Crippen molar-refractivity contribution in [2.75, 3.05) is 5.75 Å². The summed E-state index contributed by atoms with van der Waals surface area (Å²) in [6, 6.07) is 14.7. The summed E-state index contributed by atoms with van der Waals surface area (Å²) in [6.45, 7) is 9.18. The van der Waals surface area contributed by atoms with E-state index in [0.29, 0.717) is 17.3 Å². The van der Waals surface area contributed by atoms with Gasteiger partial charge in [0.1, 0.15) is 0 Å². The van der Waals surface area contributed by atoms with Crippen molar-refractivity contribution in [1.29, 1.82) is 0 Å². The van der Waals surface area contributed by atoms with Crippen molar-refractivity contribution in [3.63, 3.8) is 0 Å². The molecular formula is C24H27N5O3S. The molecule has 0 saturated heterocycles. The molecular weight excluding hydrogens is 438 g/mol. The molecule has 0 radical (unpaired) electrons. The third-order valence-electron chi connectivity index (χ3n) is 4.96. The van der Waals surface area contributed by atoms with Crippen LogP contribution < -0.4 is 5.43 Å². The van der Waals surface area contributed by atoms with Crippen molar-refractivity contribution in [1.82, 2.24) is 20.2 Å². The number of aromatic nitrogens is 3. The first kappa shape index (κ1) is 24.2. The number of amides is 1. The monoisotopic (exact) mass is 465 g/mol. The number of carbonyl (C=O) groups is 2. The highest BCUT2D eigenvalue weighted by Crippen LogP contribution is 2.27. The molecule has 2 N–H and O–H groups in total. The van der Waals surface area contributed by atoms with E-state index >= 15 is 0 Å². The highest BCUT2D eigenvalue weighted by atomic mass is 32.2. The van der Waals surface area contributed by atoms with Crippen LogP contribution in [0.3, 0.4) is 0 Å². The van der Waals surface area contributed by atoms with Gasteiger partial charge >= 0.3 is 5.97 Å². The molecule has 0 aliphatic rings. The van der Waals surface area contributed by atoms with Crippen LogP contribution in [0.2, 0.25) is 0 Å². The number of hydrazone groups is 1. The predicted octanol–water partition coefficient (Wildman–Crippen LogP) is 4.20. The van der Waals surface area contributed by atoms with E-state index in [4.69, 9.17) is 0 Å². The minimum Gasteiger partial charge on any atom is -0.478 e. The van der Waals surface area contributed by atoms with Crippen molar-refractivity contribution < 1.29 is 14.7 Å². The number of nitrogens with one attached hydrogen (secondary N) is 1. The zero-order valence-electron chi connectivity index (χ0n) is 19.1. The number of carboxylic acid groups (broad SMARTS) is 1. The summed E-state index contributed by atoms with van der Waals surface area (Å²) in [5.41, 5.74) is 5.23. The third-order valence-corrected chi connectivity index (χ3v) is 5.93. The Labute approximate surface area is 197 Å². The van der Waals surface area contributed by atoms with Crippen LogP contribution in [0, 0.1) is 0 Å². The molecule has 2 aromatic carbocycles. The summed E-state index contributed by atoms with van der Waals surface area (Å²) in [5.74, 6) is -0.532. The molecule has 1 heterocycles. The standard InChI is InChI=1S/C24H27N5O3S/c1-5-29-21(16-10-12-18(13-11-16)24(2,3)4)27-28-23(29)33-15-20(30)26-25-14-17-8-6-7-9-19(17)22(31)32/h6-14H,5,15H2,1-4H3,(H,26,30)(H,31,32). The van der Waals surface area contributed by atoms with Gasteiger partial charge in [0.15, 0.2) is 11.0 Å². The van der Waals surface area contributed by atoms with E-state index < -0.39 is 5.97 Å². The fraction of sp³-hybridized carbons (Fsp3) is 0.292. The van der Waals surface area contributed by atoms with Gasteiger partial charge in [0.05, 0.1) is 17.5 Å². The van der Waals surface area contributed by atoms with Gasteiger partial charge in [-0.3, -0.25) is 4.79 Å². The number of thioether (sulfide) groups is 1. The highest BCUT2D eigenvalue weighted by molar-refractivity contribution is 7.99. The molecule has 172 valence electrons. The fourth-order valence-electron chi connectivity index (χ4n) is 3.15. The first-order chi connectivity index (χ1) is 15.7. The van der Waals surface area contributed by atoms with Crippen LogP contribution in [0.15, 0.2) is 58.8 Å². The Balaban J connectivity index is 1.63. The van der Waals surface area contributed by atoms with Crippen LogP contribution in [-0.2, 0) is 16.8 Å². The number of nitrogens with zero attached hydrogens (tertiary/aromatic N) is 4. The van der Waals surface area contributed by atoms with Crippen molar-refractivity contribution >= 4 is 29.9 Å². The number of hydrogen-bond acceptors (Lipinski definition) is 6. The maximum atomic E-state index is 12.2. The Morgan fingerprint density at radius 1 is 1.12 bits per heavy atom. The van der Waals surface area contributed by atoms with Gasteiger partial charge in [0.25, 0.3) is 5.91 Å². The third kappa shape index (κ3) is 6.07. The second-order valence-corrected chi connectivity index (χ2v) is 9.29. The molecule has 1 amide bonds. The van der Waals surface area contributed by atoms with Gasteiger partial charge in [-0.25, -0.2) is 10.2 Å². The SMILES string of the molecule is CCn1c(SCC(=O)NN=Cc2ccccc2C(=O)O)nnc1-c1ccc(C(C)(C)C)cc1. The molecule has 0 aliphatic carbocycles. The average Bonchev–Trinajstić information content (AvgIpc) is 3.20. The molecule has 0 fully saturated rings. The van der Waals surface area contributed by atoms with Crippen LogP contribution in [0.1, 0.15) is 49.2 Å². The number of carboxylic acids is 1. The van der Waals surface area contributed by atoms with E-state index in [1.807, 2.05) is 23.6 Å². The number of aromatic carboxylic acids is 1. The lowest BCUT2D eigenvalue weighted by atomic mass is 9.87. The van der Waals surface area contributed by atoms with Gasteiger partial charge in [0, 0.05) is 17.7 Å².